The van der Waals surface area contributed by atoms with Gasteiger partial charge in [-0.1, -0.05) is 0 Å². The second-order valence-electron chi connectivity index (χ2n) is 5.49. The monoisotopic (exact) mass is 239 g/mol. The maximum atomic E-state index is 11.6. The molecule has 2 rings (SSSR count). The standard InChI is InChI=1S/C13H25N3O/c1-15(2)13(17)7-10-16-9-4-6-12(16)11-5-3-8-14-11/h11-12,14H,3-10H2,1-2H3. The van der Waals surface area contributed by atoms with Gasteiger partial charge in [-0.15, -0.1) is 0 Å². The SMILES string of the molecule is CN(C)C(=O)CCN1CCCC1C1CCCN1. The molecule has 2 unspecified atom stereocenters. The van der Waals surface area contributed by atoms with E-state index in [4.69, 9.17) is 0 Å². The molecular formula is C13H25N3O. The molecule has 2 aliphatic heterocycles. The van der Waals surface area contributed by atoms with Crippen molar-refractivity contribution < 1.29 is 4.79 Å². The van der Waals surface area contributed by atoms with Gasteiger partial charge in [-0.25, -0.2) is 0 Å². The maximum Gasteiger partial charge on any atom is 0.223 e. The van der Waals surface area contributed by atoms with Crippen LogP contribution in [-0.4, -0.2) is 61.5 Å². The molecule has 2 aliphatic rings. The van der Waals surface area contributed by atoms with Gasteiger partial charge >= 0.3 is 0 Å². The zero-order valence-electron chi connectivity index (χ0n) is 11.1. The summed E-state index contributed by atoms with van der Waals surface area (Å²) in [6, 6.07) is 1.35. The first-order chi connectivity index (χ1) is 8.18. The Morgan fingerprint density at radius 1 is 1.35 bits per heavy atom. The quantitative estimate of drug-likeness (QED) is 0.784. The number of carbonyl (C=O) groups excluding carboxylic acids is 1. The summed E-state index contributed by atoms with van der Waals surface area (Å²) in [6.07, 6.45) is 5.87. The van der Waals surface area contributed by atoms with Crippen molar-refractivity contribution >= 4 is 5.91 Å². The molecule has 0 saturated carbocycles. The Bertz CT molecular complexity index is 261. The van der Waals surface area contributed by atoms with E-state index >= 15 is 0 Å². The van der Waals surface area contributed by atoms with E-state index in [0.29, 0.717) is 18.5 Å². The van der Waals surface area contributed by atoms with Crippen LogP contribution in [0.1, 0.15) is 32.1 Å². The summed E-state index contributed by atoms with van der Waals surface area (Å²) >= 11 is 0. The second-order valence-corrected chi connectivity index (χ2v) is 5.49. The van der Waals surface area contributed by atoms with Crippen LogP contribution in [0, 0.1) is 0 Å². The number of likely N-dealkylation sites (tertiary alicyclic amines) is 1. The van der Waals surface area contributed by atoms with Gasteiger partial charge in [0, 0.05) is 39.1 Å². The van der Waals surface area contributed by atoms with Crippen molar-refractivity contribution in [2.24, 2.45) is 0 Å². The lowest BCUT2D eigenvalue weighted by Gasteiger charge is -2.29. The van der Waals surface area contributed by atoms with Crippen LogP contribution in [-0.2, 0) is 4.79 Å². The highest BCUT2D eigenvalue weighted by atomic mass is 16.2. The van der Waals surface area contributed by atoms with Crippen molar-refractivity contribution in [3.05, 3.63) is 0 Å². The van der Waals surface area contributed by atoms with Crippen LogP contribution < -0.4 is 5.32 Å². The van der Waals surface area contributed by atoms with E-state index in [-0.39, 0.29) is 5.91 Å². The number of hydrogen-bond acceptors (Lipinski definition) is 3. The molecule has 2 fully saturated rings. The van der Waals surface area contributed by atoms with Crippen LogP contribution in [0.15, 0.2) is 0 Å². The van der Waals surface area contributed by atoms with Crippen molar-refractivity contribution in [2.45, 2.75) is 44.2 Å². The Morgan fingerprint density at radius 2 is 2.18 bits per heavy atom. The molecule has 4 heteroatoms. The summed E-state index contributed by atoms with van der Waals surface area (Å²) < 4.78 is 0. The minimum absolute atomic E-state index is 0.245. The van der Waals surface area contributed by atoms with E-state index in [1.807, 2.05) is 14.1 Å². The molecule has 1 amide bonds. The Hall–Kier alpha value is -0.610. The predicted octanol–water partition coefficient (Wildman–Crippen LogP) is 0.681. The molecule has 0 bridgehead atoms. The molecule has 0 spiro atoms. The summed E-state index contributed by atoms with van der Waals surface area (Å²) in [5, 5.41) is 3.60. The maximum absolute atomic E-state index is 11.6. The number of nitrogens with zero attached hydrogens (tertiary/aromatic N) is 2. The second kappa shape index (κ2) is 5.83. The highest BCUT2D eigenvalue weighted by Gasteiger charge is 2.32. The summed E-state index contributed by atoms with van der Waals surface area (Å²) in [7, 11) is 3.67. The number of carbonyl (C=O) groups is 1. The average molecular weight is 239 g/mol. The lowest BCUT2D eigenvalue weighted by Crippen LogP contribution is -2.44. The van der Waals surface area contributed by atoms with E-state index in [1.54, 1.807) is 4.90 Å². The fourth-order valence-electron chi connectivity index (χ4n) is 3.09. The molecule has 4 nitrogen and oxygen atoms in total. The minimum Gasteiger partial charge on any atom is -0.349 e. The molecule has 0 aliphatic carbocycles. The summed E-state index contributed by atoms with van der Waals surface area (Å²) in [5.74, 6) is 0.245. The first kappa shape index (κ1) is 12.8. The summed E-state index contributed by atoms with van der Waals surface area (Å²) in [6.45, 7) is 3.27. The highest BCUT2D eigenvalue weighted by Crippen LogP contribution is 2.24. The zero-order chi connectivity index (χ0) is 12.3. The lowest BCUT2D eigenvalue weighted by atomic mass is 10.0. The Kier molecular flexibility index (Phi) is 4.40. The minimum atomic E-state index is 0.245. The van der Waals surface area contributed by atoms with Crippen LogP contribution in [0.5, 0.6) is 0 Å². The van der Waals surface area contributed by atoms with E-state index in [0.717, 1.165) is 6.54 Å². The molecule has 2 heterocycles. The van der Waals surface area contributed by atoms with Crippen molar-refractivity contribution in [3.8, 4) is 0 Å². The lowest BCUT2D eigenvalue weighted by molar-refractivity contribution is -0.129. The van der Waals surface area contributed by atoms with Gasteiger partial charge in [0.05, 0.1) is 0 Å². The Morgan fingerprint density at radius 3 is 2.82 bits per heavy atom. The van der Waals surface area contributed by atoms with Gasteiger partial charge in [-0.05, 0) is 38.8 Å². The van der Waals surface area contributed by atoms with Crippen LogP contribution in [0.3, 0.4) is 0 Å². The van der Waals surface area contributed by atoms with Crippen molar-refractivity contribution in [2.75, 3.05) is 33.7 Å². The molecule has 98 valence electrons. The number of nitrogens with one attached hydrogen (secondary N) is 1. The van der Waals surface area contributed by atoms with Gasteiger partial charge in [0.2, 0.25) is 5.91 Å². The Balaban J connectivity index is 1.80. The zero-order valence-corrected chi connectivity index (χ0v) is 11.1. The molecule has 1 N–H and O–H groups in total. The topological polar surface area (TPSA) is 35.6 Å². The van der Waals surface area contributed by atoms with E-state index in [2.05, 4.69) is 10.2 Å². The van der Waals surface area contributed by atoms with Gasteiger partial charge in [0.1, 0.15) is 0 Å². The van der Waals surface area contributed by atoms with E-state index < -0.39 is 0 Å². The first-order valence-corrected chi connectivity index (χ1v) is 6.86. The molecule has 2 saturated heterocycles. The fourth-order valence-corrected chi connectivity index (χ4v) is 3.09. The largest absolute Gasteiger partial charge is 0.349 e. The predicted molar refractivity (Wildman–Crippen MR) is 68.9 cm³/mol. The molecule has 0 aromatic carbocycles. The third kappa shape index (κ3) is 3.19. The fraction of sp³-hybridized carbons (Fsp3) is 0.923. The van der Waals surface area contributed by atoms with Gasteiger partial charge in [0.15, 0.2) is 0 Å². The van der Waals surface area contributed by atoms with Crippen LogP contribution >= 0.6 is 0 Å². The first-order valence-electron chi connectivity index (χ1n) is 6.86. The van der Waals surface area contributed by atoms with Crippen molar-refractivity contribution in [1.82, 2.24) is 15.1 Å². The van der Waals surface area contributed by atoms with Crippen molar-refractivity contribution in [3.63, 3.8) is 0 Å². The van der Waals surface area contributed by atoms with Gasteiger partial charge in [-0.3, -0.25) is 9.69 Å². The highest BCUT2D eigenvalue weighted by molar-refractivity contribution is 5.75. The van der Waals surface area contributed by atoms with Crippen LogP contribution in [0.25, 0.3) is 0 Å². The smallest absolute Gasteiger partial charge is 0.223 e. The van der Waals surface area contributed by atoms with Gasteiger partial charge in [0.25, 0.3) is 0 Å². The summed E-state index contributed by atoms with van der Waals surface area (Å²) in [4.78, 5) is 15.8. The number of amides is 1. The van der Waals surface area contributed by atoms with Crippen LogP contribution in [0.2, 0.25) is 0 Å². The molecule has 2 atom stereocenters. The molecular weight excluding hydrogens is 214 g/mol. The number of rotatable bonds is 4. The average Bonchev–Trinajstić information content (AvgIpc) is 2.95. The van der Waals surface area contributed by atoms with Gasteiger partial charge < -0.3 is 10.2 Å². The van der Waals surface area contributed by atoms with Gasteiger partial charge in [-0.2, -0.15) is 0 Å². The third-order valence-electron chi connectivity index (χ3n) is 4.09. The molecule has 0 aromatic heterocycles. The van der Waals surface area contributed by atoms with E-state index in [9.17, 15) is 4.79 Å². The van der Waals surface area contributed by atoms with Crippen LogP contribution in [0.4, 0.5) is 0 Å². The van der Waals surface area contributed by atoms with Crippen molar-refractivity contribution in [1.29, 1.82) is 0 Å². The number of hydrogen-bond donors (Lipinski definition) is 1. The molecule has 17 heavy (non-hydrogen) atoms. The molecule has 0 radical (unpaired) electrons. The third-order valence-corrected chi connectivity index (χ3v) is 4.09. The Labute approximate surface area is 104 Å². The normalized spacial score (nSPS) is 29.8. The molecule has 0 aromatic rings. The van der Waals surface area contributed by atoms with E-state index in [1.165, 1.54) is 38.8 Å². The summed E-state index contributed by atoms with van der Waals surface area (Å²) in [5.41, 5.74) is 0.